The Hall–Kier alpha value is -1.55. The van der Waals surface area contributed by atoms with Crippen molar-refractivity contribution in [3.05, 3.63) is 34.9 Å². The van der Waals surface area contributed by atoms with E-state index in [1.807, 2.05) is 39.8 Å². The van der Waals surface area contributed by atoms with E-state index in [9.17, 15) is 9.59 Å². The van der Waals surface area contributed by atoms with E-state index in [1.54, 1.807) is 17.0 Å². The summed E-state index contributed by atoms with van der Waals surface area (Å²) < 4.78 is 0. The van der Waals surface area contributed by atoms with Crippen LogP contribution in [0.4, 0.5) is 0 Å². The van der Waals surface area contributed by atoms with Crippen LogP contribution in [0, 0.1) is 5.92 Å². The van der Waals surface area contributed by atoms with E-state index in [0.717, 1.165) is 5.56 Å². The molecule has 1 aromatic carbocycles. The Morgan fingerprint density at radius 2 is 1.78 bits per heavy atom. The fourth-order valence-electron chi connectivity index (χ4n) is 2.33. The molecule has 0 fully saturated rings. The Kier molecular flexibility index (Phi) is 8.10. The molecule has 0 heterocycles. The Balaban J connectivity index is 2.91. The van der Waals surface area contributed by atoms with Gasteiger partial charge in [0.2, 0.25) is 11.8 Å². The number of benzene rings is 1. The summed E-state index contributed by atoms with van der Waals surface area (Å²) in [7, 11) is 0. The van der Waals surface area contributed by atoms with Crippen LogP contribution in [0.15, 0.2) is 24.3 Å². The number of carbonyl (C=O) groups is 2. The molecule has 0 bridgehead atoms. The highest BCUT2D eigenvalue weighted by molar-refractivity contribution is 6.30. The van der Waals surface area contributed by atoms with Gasteiger partial charge in [-0.1, -0.05) is 51.4 Å². The highest BCUT2D eigenvalue weighted by atomic mass is 35.5. The number of amides is 2. The van der Waals surface area contributed by atoms with Crippen LogP contribution in [-0.4, -0.2) is 29.3 Å². The number of nitrogens with one attached hydrogen (secondary N) is 1. The highest BCUT2D eigenvalue weighted by Gasteiger charge is 2.27. The van der Waals surface area contributed by atoms with Crippen molar-refractivity contribution < 1.29 is 9.59 Å². The minimum absolute atomic E-state index is 0.0218. The zero-order valence-electron chi connectivity index (χ0n) is 14.4. The largest absolute Gasteiger partial charge is 0.354 e. The van der Waals surface area contributed by atoms with E-state index in [0.29, 0.717) is 36.9 Å². The summed E-state index contributed by atoms with van der Waals surface area (Å²) in [5.74, 6) is 0.270. The van der Waals surface area contributed by atoms with Gasteiger partial charge in [0.15, 0.2) is 0 Å². The van der Waals surface area contributed by atoms with Crippen molar-refractivity contribution >= 4 is 23.4 Å². The molecule has 128 valence electrons. The molecule has 0 aromatic heterocycles. The van der Waals surface area contributed by atoms with Crippen molar-refractivity contribution in [2.45, 2.75) is 53.1 Å². The van der Waals surface area contributed by atoms with Crippen LogP contribution in [0.3, 0.4) is 0 Å². The molecule has 1 N–H and O–H groups in total. The summed E-state index contributed by atoms with van der Waals surface area (Å²) in [4.78, 5) is 26.5. The first kappa shape index (κ1) is 19.5. The predicted molar refractivity (Wildman–Crippen MR) is 94.2 cm³/mol. The minimum Gasteiger partial charge on any atom is -0.354 e. The van der Waals surface area contributed by atoms with Gasteiger partial charge in [0.1, 0.15) is 6.04 Å². The first-order chi connectivity index (χ1) is 10.9. The average molecular weight is 339 g/mol. The molecule has 4 nitrogen and oxygen atoms in total. The first-order valence-corrected chi connectivity index (χ1v) is 8.58. The SMILES string of the molecule is CCC(=O)N(Cc1ccc(Cl)cc1)[C@H](CC)C(=O)NCC(C)C. The monoisotopic (exact) mass is 338 g/mol. The van der Waals surface area contributed by atoms with Crippen LogP contribution in [0.25, 0.3) is 0 Å². The summed E-state index contributed by atoms with van der Waals surface area (Å²) in [5, 5.41) is 3.59. The Morgan fingerprint density at radius 1 is 1.17 bits per heavy atom. The van der Waals surface area contributed by atoms with Crippen LogP contribution >= 0.6 is 11.6 Å². The molecule has 0 saturated carbocycles. The van der Waals surface area contributed by atoms with E-state index in [2.05, 4.69) is 5.32 Å². The lowest BCUT2D eigenvalue weighted by molar-refractivity contribution is -0.141. The predicted octanol–water partition coefficient (Wildman–Crippen LogP) is 3.63. The van der Waals surface area contributed by atoms with Crippen LogP contribution in [0.2, 0.25) is 5.02 Å². The smallest absolute Gasteiger partial charge is 0.242 e. The van der Waals surface area contributed by atoms with Gasteiger partial charge in [0.25, 0.3) is 0 Å². The van der Waals surface area contributed by atoms with E-state index in [1.165, 1.54) is 0 Å². The molecule has 23 heavy (non-hydrogen) atoms. The maximum atomic E-state index is 12.5. The lowest BCUT2D eigenvalue weighted by atomic mass is 10.1. The van der Waals surface area contributed by atoms with Crippen LogP contribution in [0.5, 0.6) is 0 Å². The van der Waals surface area contributed by atoms with Gasteiger partial charge in [-0.3, -0.25) is 9.59 Å². The van der Waals surface area contributed by atoms with Crippen molar-refractivity contribution in [3.8, 4) is 0 Å². The Labute approximate surface area is 144 Å². The van der Waals surface area contributed by atoms with Crippen molar-refractivity contribution in [1.29, 1.82) is 0 Å². The van der Waals surface area contributed by atoms with Gasteiger partial charge in [-0.05, 0) is 30.0 Å². The lowest BCUT2D eigenvalue weighted by Gasteiger charge is -2.30. The molecule has 0 spiro atoms. The summed E-state index contributed by atoms with van der Waals surface area (Å²) in [5.41, 5.74) is 0.964. The first-order valence-electron chi connectivity index (χ1n) is 8.20. The fourth-order valence-corrected chi connectivity index (χ4v) is 2.46. The van der Waals surface area contributed by atoms with Gasteiger partial charge in [0, 0.05) is 24.5 Å². The maximum absolute atomic E-state index is 12.5. The minimum atomic E-state index is -0.447. The topological polar surface area (TPSA) is 49.4 Å². The van der Waals surface area contributed by atoms with Gasteiger partial charge in [-0.15, -0.1) is 0 Å². The average Bonchev–Trinajstić information content (AvgIpc) is 2.53. The third-order valence-electron chi connectivity index (χ3n) is 3.64. The van der Waals surface area contributed by atoms with Gasteiger partial charge in [-0.25, -0.2) is 0 Å². The van der Waals surface area contributed by atoms with Crippen molar-refractivity contribution in [2.75, 3.05) is 6.54 Å². The number of carbonyl (C=O) groups excluding carboxylic acids is 2. The molecular formula is C18H27ClN2O2. The molecule has 0 aliphatic heterocycles. The van der Waals surface area contributed by atoms with E-state index < -0.39 is 6.04 Å². The van der Waals surface area contributed by atoms with E-state index in [-0.39, 0.29) is 11.8 Å². The molecule has 1 atom stereocenters. The molecule has 2 amide bonds. The fraction of sp³-hybridized carbons (Fsp3) is 0.556. The third kappa shape index (κ3) is 6.22. The summed E-state index contributed by atoms with van der Waals surface area (Å²) in [6, 6.07) is 6.92. The van der Waals surface area contributed by atoms with Crippen molar-refractivity contribution in [2.24, 2.45) is 5.92 Å². The number of hydrogen-bond donors (Lipinski definition) is 1. The second-order valence-electron chi connectivity index (χ2n) is 6.06. The Bertz CT molecular complexity index is 514. The van der Waals surface area contributed by atoms with Crippen LogP contribution in [0.1, 0.15) is 46.1 Å². The third-order valence-corrected chi connectivity index (χ3v) is 3.89. The zero-order chi connectivity index (χ0) is 17.4. The van der Waals surface area contributed by atoms with Gasteiger partial charge in [0.05, 0.1) is 0 Å². The molecular weight excluding hydrogens is 312 g/mol. The molecule has 0 aliphatic rings. The van der Waals surface area contributed by atoms with Crippen LogP contribution < -0.4 is 5.32 Å². The molecule has 0 radical (unpaired) electrons. The molecule has 1 aromatic rings. The van der Waals surface area contributed by atoms with Crippen molar-refractivity contribution in [3.63, 3.8) is 0 Å². The zero-order valence-corrected chi connectivity index (χ0v) is 15.2. The normalized spacial score (nSPS) is 12.1. The number of nitrogens with zero attached hydrogens (tertiary/aromatic N) is 1. The molecule has 0 aliphatic carbocycles. The molecule has 1 rings (SSSR count). The second kappa shape index (κ2) is 9.56. The summed E-state index contributed by atoms with van der Waals surface area (Å²) in [6.45, 7) is 8.86. The highest BCUT2D eigenvalue weighted by Crippen LogP contribution is 2.16. The Morgan fingerprint density at radius 3 is 2.26 bits per heavy atom. The number of halogens is 1. The second-order valence-corrected chi connectivity index (χ2v) is 6.50. The van der Waals surface area contributed by atoms with E-state index in [4.69, 9.17) is 11.6 Å². The van der Waals surface area contributed by atoms with Gasteiger partial charge in [-0.2, -0.15) is 0 Å². The number of hydrogen-bond acceptors (Lipinski definition) is 2. The molecule has 5 heteroatoms. The van der Waals surface area contributed by atoms with E-state index >= 15 is 0 Å². The van der Waals surface area contributed by atoms with Gasteiger partial charge >= 0.3 is 0 Å². The maximum Gasteiger partial charge on any atom is 0.242 e. The van der Waals surface area contributed by atoms with Crippen LogP contribution in [-0.2, 0) is 16.1 Å². The molecule has 0 saturated heterocycles. The summed E-state index contributed by atoms with van der Waals surface area (Å²) in [6.07, 6.45) is 0.963. The quantitative estimate of drug-likeness (QED) is 0.786. The standard InChI is InChI=1S/C18H27ClN2O2/c1-5-16(18(23)20-11-13(3)4)21(17(22)6-2)12-14-7-9-15(19)10-8-14/h7-10,13,16H,5-6,11-12H2,1-4H3,(H,20,23)/t16-/m1/s1. The molecule has 0 unspecified atom stereocenters. The number of rotatable bonds is 8. The summed E-state index contributed by atoms with van der Waals surface area (Å²) >= 11 is 5.90. The van der Waals surface area contributed by atoms with Gasteiger partial charge < -0.3 is 10.2 Å². The van der Waals surface area contributed by atoms with Crippen molar-refractivity contribution in [1.82, 2.24) is 10.2 Å². The lowest BCUT2D eigenvalue weighted by Crippen LogP contribution is -2.49.